The van der Waals surface area contributed by atoms with Gasteiger partial charge in [-0.25, -0.2) is 8.42 Å². The molecular weight excluding hydrogens is 360 g/mol. The Morgan fingerprint density at radius 2 is 1.78 bits per heavy atom. The number of para-hydroxylation sites is 1. The van der Waals surface area contributed by atoms with Crippen LogP contribution in [0.1, 0.15) is 42.5 Å². The molecule has 1 atom stereocenters. The topological polar surface area (TPSA) is 66.5 Å². The summed E-state index contributed by atoms with van der Waals surface area (Å²) in [7, 11) is -3.39. The summed E-state index contributed by atoms with van der Waals surface area (Å²) in [6.07, 6.45) is 1.91. The van der Waals surface area contributed by atoms with Gasteiger partial charge in [0.25, 0.3) is 0 Å². The number of anilines is 1. The average molecular weight is 389 g/mol. The predicted molar refractivity (Wildman–Crippen MR) is 110 cm³/mol. The maximum atomic E-state index is 12.3. The summed E-state index contributed by atoms with van der Waals surface area (Å²) < 4.78 is 25.5. The monoisotopic (exact) mass is 388 g/mol. The fourth-order valence-corrected chi connectivity index (χ4v) is 4.05. The lowest BCUT2D eigenvalue weighted by Gasteiger charge is -2.22. The van der Waals surface area contributed by atoms with E-state index < -0.39 is 10.0 Å². The molecule has 2 aromatic rings. The number of rotatable bonds is 8. The van der Waals surface area contributed by atoms with Crippen molar-refractivity contribution in [3.8, 4) is 0 Å². The summed E-state index contributed by atoms with van der Waals surface area (Å²) in [6, 6.07) is 15.0. The summed E-state index contributed by atoms with van der Waals surface area (Å²) in [5.74, 6) is -0.0788. The molecule has 0 saturated carbocycles. The van der Waals surface area contributed by atoms with Crippen LogP contribution in [0.2, 0.25) is 0 Å². The van der Waals surface area contributed by atoms with Crippen molar-refractivity contribution in [3.63, 3.8) is 0 Å². The van der Waals surface area contributed by atoms with E-state index in [9.17, 15) is 13.2 Å². The molecule has 0 bridgehead atoms. The molecule has 0 aromatic heterocycles. The Morgan fingerprint density at radius 1 is 1.11 bits per heavy atom. The van der Waals surface area contributed by atoms with E-state index in [-0.39, 0.29) is 24.9 Å². The first-order valence-corrected chi connectivity index (χ1v) is 10.9. The number of carbonyl (C=O) groups is 1. The number of nitrogens with one attached hydrogen (secondary N) is 1. The molecule has 1 unspecified atom stereocenters. The summed E-state index contributed by atoms with van der Waals surface area (Å²) in [5, 5.41) is 3.01. The third kappa shape index (κ3) is 6.10. The SMILES string of the molecule is Cc1ccc(C)c(C(C)NC(=O)CCCN(c2ccccc2)S(C)(=O)=O)c1. The first kappa shape index (κ1) is 21.0. The van der Waals surface area contributed by atoms with Gasteiger partial charge in [-0.15, -0.1) is 0 Å². The molecule has 0 fully saturated rings. The van der Waals surface area contributed by atoms with Crippen LogP contribution in [0, 0.1) is 13.8 Å². The molecule has 0 aliphatic rings. The largest absolute Gasteiger partial charge is 0.350 e. The third-order valence-electron chi connectivity index (χ3n) is 4.49. The molecule has 1 amide bonds. The minimum absolute atomic E-state index is 0.0788. The van der Waals surface area contributed by atoms with E-state index in [1.54, 1.807) is 24.3 Å². The molecule has 27 heavy (non-hydrogen) atoms. The molecule has 0 aliphatic heterocycles. The van der Waals surface area contributed by atoms with Crippen molar-refractivity contribution in [2.24, 2.45) is 0 Å². The van der Waals surface area contributed by atoms with Crippen molar-refractivity contribution in [1.29, 1.82) is 0 Å². The van der Waals surface area contributed by atoms with Gasteiger partial charge in [-0.1, -0.05) is 42.0 Å². The number of sulfonamides is 1. The van der Waals surface area contributed by atoms with E-state index in [0.29, 0.717) is 12.1 Å². The van der Waals surface area contributed by atoms with Gasteiger partial charge in [0, 0.05) is 13.0 Å². The fourth-order valence-electron chi connectivity index (χ4n) is 3.08. The second kappa shape index (κ2) is 9.04. The van der Waals surface area contributed by atoms with Gasteiger partial charge < -0.3 is 5.32 Å². The number of nitrogens with zero attached hydrogens (tertiary/aromatic N) is 1. The van der Waals surface area contributed by atoms with E-state index in [4.69, 9.17) is 0 Å². The van der Waals surface area contributed by atoms with Gasteiger partial charge in [-0.3, -0.25) is 9.10 Å². The van der Waals surface area contributed by atoms with Crippen molar-refractivity contribution < 1.29 is 13.2 Å². The lowest BCUT2D eigenvalue weighted by molar-refractivity contribution is -0.121. The summed E-state index contributed by atoms with van der Waals surface area (Å²) in [6.45, 7) is 6.29. The smallest absolute Gasteiger partial charge is 0.232 e. The van der Waals surface area contributed by atoms with E-state index >= 15 is 0 Å². The van der Waals surface area contributed by atoms with Gasteiger partial charge in [0.15, 0.2) is 0 Å². The maximum absolute atomic E-state index is 12.3. The molecule has 0 heterocycles. The standard InChI is InChI=1S/C21H28N2O3S/c1-16-12-13-17(2)20(15-16)18(3)22-21(24)11-8-14-23(27(4,25)26)19-9-6-5-7-10-19/h5-7,9-10,12-13,15,18H,8,11,14H2,1-4H3,(H,22,24). The Morgan fingerprint density at radius 3 is 2.41 bits per heavy atom. The van der Waals surface area contributed by atoms with Gasteiger partial charge >= 0.3 is 0 Å². The van der Waals surface area contributed by atoms with Gasteiger partial charge in [-0.2, -0.15) is 0 Å². The van der Waals surface area contributed by atoms with Crippen molar-refractivity contribution in [2.45, 2.75) is 39.7 Å². The highest BCUT2D eigenvalue weighted by Crippen LogP contribution is 2.20. The Hall–Kier alpha value is -2.34. The van der Waals surface area contributed by atoms with Gasteiger partial charge in [-0.05, 0) is 50.5 Å². The van der Waals surface area contributed by atoms with Gasteiger partial charge in [0.2, 0.25) is 15.9 Å². The highest BCUT2D eigenvalue weighted by molar-refractivity contribution is 7.92. The van der Waals surface area contributed by atoms with Crippen LogP contribution in [0.5, 0.6) is 0 Å². The first-order chi connectivity index (χ1) is 12.7. The molecule has 1 N–H and O–H groups in total. The zero-order valence-corrected chi connectivity index (χ0v) is 17.2. The van der Waals surface area contributed by atoms with Crippen LogP contribution in [0.25, 0.3) is 0 Å². The second-order valence-corrected chi connectivity index (χ2v) is 8.83. The quantitative estimate of drug-likeness (QED) is 0.749. The van der Waals surface area contributed by atoms with Crippen LogP contribution in [0.3, 0.4) is 0 Å². The minimum atomic E-state index is -3.39. The van der Waals surface area contributed by atoms with E-state index in [1.165, 1.54) is 10.6 Å². The van der Waals surface area contributed by atoms with Crippen LogP contribution in [0.4, 0.5) is 5.69 Å². The van der Waals surface area contributed by atoms with E-state index in [2.05, 4.69) is 23.5 Å². The number of hydrogen-bond acceptors (Lipinski definition) is 3. The molecule has 0 spiro atoms. The van der Waals surface area contributed by atoms with Crippen LogP contribution in [0.15, 0.2) is 48.5 Å². The Labute approximate surface area is 162 Å². The number of aryl methyl sites for hydroxylation is 2. The third-order valence-corrected chi connectivity index (χ3v) is 5.68. The zero-order chi connectivity index (χ0) is 20.0. The highest BCUT2D eigenvalue weighted by Gasteiger charge is 2.18. The maximum Gasteiger partial charge on any atom is 0.232 e. The number of amides is 1. The van der Waals surface area contributed by atoms with Crippen molar-refractivity contribution in [1.82, 2.24) is 5.32 Å². The van der Waals surface area contributed by atoms with Crippen molar-refractivity contribution >= 4 is 21.6 Å². The summed E-state index contributed by atoms with van der Waals surface area (Å²) in [5.41, 5.74) is 4.01. The lowest BCUT2D eigenvalue weighted by Crippen LogP contribution is -2.32. The van der Waals surface area contributed by atoms with Gasteiger partial charge in [0.1, 0.15) is 0 Å². The van der Waals surface area contributed by atoms with Crippen LogP contribution in [-0.2, 0) is 14.8 Å². The summed E-state index contributed by atoms with van der Waals surface area (Å²) in [4.78, 5) is 12.3. The minimum Gasteiger partial charge on any atom is -0.350 e. The number of hydrogen-bond donors (Lipinski definition) is 1. The Bertz CT molecular complexity index is 880. The number of carbonyl (C=O) groups excluding carboxylic acids is 1. The highest BCUT2D eigenvalue weighted by atomic mass is 32.2. The molecule has 2 aromatic carbocycles. The van der Waals surface area contributed by atoms with E-state index in [1.807, 2.05) is 26.8 Å². The van der Waals surface area contributed by atoms with Crippen molar-refractivity contribution in [2.75, 3.05) is 17.1 Å². The van der Waals surface area contributed by atoms with Gasteiger partial charge in [0.05, 0.1) is 18.0 Å². The zero-order valence-electron chi connectivity index (χ0n) is 16.4. The number of benzene rings is 2. The van der Waals surface area contributed by atoms with Crippen molar-refractivity contribution in [3.05, 3.63) is 65.2 Å². The first-order valence-electron chi connectivity index (χ1n) is 9.08. The normalized spacial score (nSPS) is 12.4. The molecule has 0 saturated heterocycles. The molecule has 0 radical (unpaired) electrons. The molecular formula is C21H28N2O3S. The molecule has 0 aliphatic carbocycles. The second-order valence-electron chi connectivity index (χ2n) is 6.92. The van der Waals surface area contributed by atoms with Crippen LogP contribution < -0.4 is 9.62 Å². The van der Waals surface area contributed by atoms with Crippen LogP contribution in [-0.4, -0.2) is 27.1 Å². The molecule has 2 rings (SSSR count). The Kier molecular flexibility index (Phi) is 7.02. The van der Waals surface area contributed by atoms with Crippen LogP contribution >= 0.6 is 0 Å². The molecule has 146 valence electrons. The molecule has 6 heteroatoms. The fraction of sp³-hybridized carbons (Fsp3) is 0.381. The lowest BCUT2D eigenvalue weighted by atomic mass is 10.00. The Balaban J connectivity index is 1.93. The molecule has 5 nitrogen and oxygen atoms in total. The average Bonchev–Trinajstić information content (AvgIpc) is 2.60. The summed E-state index contributed by atoms with van der Waals surface area (Å²) >= 11 is 0. The predicted octanol–water partition coefficient (Wildman–Crippen LogP) is 3.73. The van der Waals surface area contributed by atoms with E-state index in [0.717, 1.165) is 16.7 Å².